The topological polar surface area (TPSA) is 112 Å². The molecule has 1 aliphatic rings. The fraction of sp³-hybridized carbons (Fsp3) is 0.360. The van der Waals surface area contributed by atoms with Crippen molar-refractivity contribution in [3.05, 3.63) is 70.9 Å². The molecule has 7 heteroatoms. The third kappa shape index (κ3) is 5.96. The lowest BCUT2D eigenvalue weighted by atomic mass is 9.95. The third-order valence-corrected chi connectivity index (χ3v) is 5.66. The second kappa shape index (κ2) is 10.9. The molecule has 0 aliphatic heterocycles. The molecule has 170 valence electrons. The van der Waals surface area contributed by atoms with Crippen molar-refractivity contribution >= 4 is 22.8 Å². The number of aliphatic hydroxyl groups is 1. The van der Waals surface area contributed by atoms with Crippen LogP contribution in [0.15, 0.2) is 48.5 Å². The van der Waals surface area contributed by atoms with E-state index in [-0.39, 0.29) is 6.10 Å². The lowest BCUT2D eigenvalue weighted by Crippen LogP contribution is -2.30. The number of aliphatic carboxylic acids is 2. The van der Waals surface area contributed by atoms with E-state index >= 15 is 0 Å². The largest absolute Gasteiger partial charge is 0.473 e. The summed E-state index contributed by atoms with van der Waals surface area (Å²) in [5.74, 6) is -3.65. The standard InChI is InChI=1S/C23H28N2O.C2H2O4/c1-17-11-12-23-21(13-17)20-9-5-6-10-22(20)25(23)16-19(26)15-24-14-18-7-3-2-4-8-18;3-1(4)2(5)6/h2-4,7-8,11-13,19,24,26H,5-6,9-10,14-16H2,1H3;(H,3,4)(H,5,6). The van der Waals surface area contributed by atoms with Gasteiger partial charge in [-0.25, -0.2) is 9.59 Å². The average Bonchev–Trinajstić information content (AvgIpc) is 3.08. The molecule has 7 nitrogen and oxygen atoms in total. The lowest BCUT2D eigenvalue weighted by molar-refractivity contribution is -0.159. The van der Waals surface area contributed by atoms with E-state index in [1.165, 1.54) is 52.5 Å². The quantitative estimate of drug-likeness (QED) is 0.440. The van der Waals surface area contributed by atoms with Crippen LogP contribution >= 0.6 is 0 Å². The SMILES string of the molecule is Cc1ccc2c(c1)c1c(n2CC(O)CNCc2ccccc2)CCCC1.O=C(O)C(=O)O. The first-order valence-corrected chi connectivity index (χ1v) is 10.9. The molecule has 4 rings (SSSR count). The number of hydrogen-bond acceptors (Lipinski definition) is 4. The highest BCUT2D eigenvalue weighted by atomic mass is 16.4. The number of aliphatic hydroxyl groups excluding tert-OH is 1. The first kappa shape index (κ1) is 23.5. The molecule has 1 unspecified atom stereocenters. The zero-order valence-corrected chi connectivity index (χ0v) is 18.3. The van der Waals surface area contributed by atoms with E-state index in [1.54, 1.807) is 0 Å². The monoisotopic (exact) mass is 438 g/mol. The van der Waals surface area contributed by atoms with Crippen LogP contribution in [0.4, 0.5) is 0 Å². The van der Waals surface area contributed by atoms with E-state index in [1.807, 2.05) is 18.2 Å². The molecule has 4 N–H and O–H groups in total. The Morgan fingerprint density at radius 3 is 2.41 bits per heavy atom. The molecular formula is C25H30N2O5. The van der Waals surface area contributed by atoms with Gasteiger partial charge in [0.2, 0.25) is 0 Å². The predicted octanol–water partition coefficient (Wildman–Crippen LogP) is 3.13. The molecule has 0 amide bonds. The Morgan fingerprint density at radius 2 is 1.72 bits per heavy atom. The van der Waals surface area contributed by atoms with Crippen LogP contribution < -0.4 is 5.32 Å². The van der Waals surface area contributed by atoms with Crippen LogP contribution in [0.2, 0.25) is 0 Å². The van der Waals surface area contributed by atoms with Gasteiger partial charge in [0.15, 0.2) is 0 Å². The van der Waals surface area contributed by atoms with Gasteiger partial charge in [-0.2, -0.15) is 0 Å². The summed E-state index contributed by atoms with van der Waals surface area (Å²) >= 11 is 0. The Balaban J connectivity index is 0.000000427. The summed E-state index contributed by atoms with van der Waals surface area (Å²) in [6, 6.07) is 17.1. The molecule has 0 spiro atoms. The summed E-state index contributed by atoms with van der Waals surface area (Å²) in [6.07, 6.45) is 4.45. The minimum Gasteiger partial charge on any atom is -0.473 e. The minimum absolute atomic E-state index is 0.387. The van der Waals surface area contributed by atoms with Gasteiger partial charge in [0.25, 0.3) is 0 Å². The average molecular weight is 439 g/mol. The molecule has 2 aromatic carbocycles. The molecule has 0 fully saturated rings. The first-order chi connectivity index (χ1) is 15.4. The maximum Gasteiger partial charge on any atom is 0.414 e. The van der Waals surface area contributed by atoms with Gasteiger partial charge in [-0.05, 0) is 55.9 Å². The van der Waals surface area contributed by atoms with E-state index in [2.05, 4.69) is 47.1 Å². The summed E-state index contributed by atoms with van der Waals surface area (Å²) < 4.78 is 2.37. The van der Waals surface area contributed by atoms with Crippen molar-refractivity contribution in [2.75, 3.05) is 6.54 Å². The lowest BCUT2D eigenvalue weighted by Gasteiger charge is -2.19. The molecule has 1 aliphatic carbocycles. The van der Waals surface area contributed by atoms with Gasteiger partial charge in [0.05, 0.1) is 12.6 Å². The van der Waals surface area contributed by atoms with Crippen LogP contribution in [0.3, 0.4) is 0 Å². The van der Waals surface area contributed by atoms with Crippen molar-refractivity contribution in [2.24, 2.45) is 0 Å². The van der Waals surface area contributed by atoms with E-state index in [4.69, 9.17) is 19.8 Å². The summed E-state index contributed by atoms with van der Waals surface area (Å²) in [5.41, 5.74) is 6.80. The molecule has 32 heavy (non-hydrogen) atoms. The van der Waals surface area contributed by atoms with Gasteiger partial charge in [0, 0.05) is 29.7 Å². The van der Waals surface area contributed by atoms with Crippen LogP contribution in [0.5, 0.6) is 0 Å². The summed E-state index contributed by atoms with van der Waals surface area (Å²) in [6.45, 7) is 4.22. The van der Waals surface area contributed by atoms with Gasteiger partial charge in [-0.1, -0.05) is 42.0 Å². The normalized spacial score (nSPS) is 13.7. The Bertz CT molecular complexity index is 1060. The van der Waals surface area contributed by atoms with Crippen LogP contribution in [0.25, 0.3) is 10.9 Å². The Labute approximate surface area is 187 Å². The van der Waals surface area contributed by atoms with Crippen molar-refractivity contribution < 1.29 is 24.9 Å². The first-order valence-electron chi connectivity index (χ1n) is 10.9. The van der Waals surface area contributed by atoms with Crippen LogP contribution in [-0.2, 0) is 35.5 Å². The number of fused-ring (bicyclic) bond motifs is 3. The van der Waals surface area contributed by atoms with Crippen LogP contribution in [-0.4, -0.2) is 44.5 Å². The number of hydrogen-bond donors (Lipinski definition) is 4. The van der Waals surface area contributed by atoms with Gasteiger partial charge in [-0.3, -0.25) is 0 Å². The van der Waals surface area contributed by atoms with Crippen molar-refractivity contribution in [3.63, 3.8) is 0 Å². The van der Waals surface area contributed by atoms with Gasteiger partial charge in [0.1, 0.15) is 0 Å². The zero-order valence-electron chi connectivity index (χ0n) is 18.3. The molecule has 0 bridgehead atoms. The molecule has 1 atom stereocenters. The van der Waals surface area contributed by atoms with Gasteiger partial charge in [-0.15, -0.1) is 0 Å². The Hall–Kier alpha value is -3.16. The van der Waals surface area contributed by atoms with Crippen molar-refractivity contribution in [1.82, 2.24) is 9.88 Å². The van der Waals surface area contributed by atoms with E-state index in [9.17, 15) is 5.11 Å². The summed E-state index contributed by atoms with van der Waals surface area (Å²) in [7, 11) is 0. The van der Waals surface area contributed by atoms with E-state index < -0.39 is 11.9 Å². The second-order valence-electron chi connectivity index (χ2n) is 8.14. The number of benzene rings is 2. The third-order valence-electron chi connectivity index (χ3n) is 5.66. The minimum atomic E-state index is -1.82. The molecule has 1 aromatic heterocycles. The fourth-order valence-corrected chi connectivity index (χ4v) is 4.21. The highest BCUT2D eigenvalue weighted by Gasteiger charge is 2.21. The number of carbonyl (C=O) groups is 2. The van der Waals surface area contributed by atoms with E-state index in [0.717, 1.165) is 13.0 Å². The van der Waals surface area contributed by atoms with E-state index in [0.29, 0.717) is 13.1 Å². The highest BCUT2D eigenvalue weighted by Crippen LogP contribution is 2.33. The van der Waals surface area contributed by atoms with Gasteiger partial charge < -0.3 is 25.2 Å². The number of carboxylic acids is 2. The predicted molar refractivity (Wildman–Crippen MR) is 123 cm³/mol. The molecule has 0 saturated heterocycles. The number of carboxylic acid groups (broad SMARTS) is 2. The van der Waals surface area contributed by atoms with Crippen LogP contribution in [0.1, 0.15) is 35.2 Å². The molecular weight excluding hydrogens is 408 g/mol. The van der Waals surface area contributed by atoms with Crippen molar-refractivity contribution in [1.29, 1.82) is 0 Å². The molecule has 0 saturated carbocycles. The number of nitrogens with one attached hydrogen (secondary N) is 1. The molecule has 1 heterocycles. The maximum atomic E-state index is 10.6. The fourth-order valence-electron chi connectivity index (χ4n) is 4.21. The number of rotatable bonds is 6. The zero-order chi connectivity index (χ0) is 23.1. The second-order valence-corrected chi connectivity index (χ2v) is 8.14. The number of aromatic nitrogens is 1. The van der Waals surface area contributed by atoms with Crippen molar-refractivity contribution in [2.45, 2.75) is 51.8 Å². The molecule has 3 aromatic rings. The Morgan fingerprint density at radius 1 is 1.03 bits per heavy atom. The summed E-state index contributed by atoms with van der Waals surface area (Å²) in [5, 5.41) is 30.2. The smallest absolute Gasteiger partial charge is 0.414 e. The highest BCUT2D eigenvalue weighted by molar-refractivity contribution is 6.27. The van der Waals surface area contributed by atoms with Crippen LogP contribution in [0, 0.1) is 6.92 Å². The maximum absolute atomic E-state index is 10.6. The van der Waals surface area contributed by atoms with Gasteiger partial charge >= 0.3 is 11.9 Å². The number of aryl methyl sites for hydroxylation is 2. The molecule has 0 radical (unpaired) electrons. The number of nitrogens with zero attached hydrogens (tertiary/aromatic N) is 1. The summed E-state index contributed by atoms with van der Waals surface area (Å²) in [4.78, 5) is 18.2. The Kier molecular flexibility index (Phi) is 8.03. The van der Waals surface area contributed by atoms with Crippen molar-refractivity contribution in [3.8, 4) is 0 Å².